The maximum absolute atomic E-state index is 12.8. The zero-order valence-corrected chi connectivity index (χ0v) is 14.4. The Labute approximate surface area is 147 Å². The van der Waals surface area contributed by atoms with Crippen molar-refractivity contribution in [1.29, 1.82) is 0 Å². The lowest BCUT2D eigenvalue weighted by Crippen LogP contribution is -2.15. The SMILES string of the molecule is Cc1ccc(CSCC(=O)Nc2ccc(Cl)c(C(F)(F)F)c2)cc1. The molecule has 24 heavy (non-hydrogen) atoms. The van der Waals surface area contributed by atoms with Gasteiger partial charge < -0.3 is 5.32 Å². The van der Waals surface area contributed by atoms with E-state index >= 15 is 0 Å². The number of rotatable bonds is 5. The van der Waals surface area contributed by atoms with Crippen LogP contribution >= 0.6 is 23.4 Å². The third-order valence-corrected chi connectivity index (χ3v) is 4.51. The second-order valence-corrected chi connectivity index (χ2v) is 6.61. The summed E-state index contributed by atoms with van der Waals surface area (Å²) in [6.45, 7) is 1.99. The van der Waals surface area contributed by atoms with Crippen LogP contribution in [0.3, 0.4) is 0 Å². The maximum atomic E-state index is 12.8. The predicted octanol–water partition coefficient (Wildman–Crippen LogP) is 5.54. The van der Waals surface area contributed by atoms with Crippen molar-refractivity contribution in [3.05, 3.63) is 64.2 Å². The van der Waals surface area contributed by atoms with Crippen LogP contribution < -0.4 is 5.32 Å². The van der Waals surface area contributed by atoms with Crippen molar-refractivity contribution in [2.75, 3.05) is 11.1 Å². The van der Waals surface area contributed by atoms with Gasteiger partial charge in [0, 0.05) is 11.4 Å². The van der Waals surface area contributed by atoms with Gasteiger partial charge in [-0.15, -0.1) is 11.8 Å². The van der Waals surface area contributed by atoms with Gasteiger partial charge in [-0.1, -0.05) is 41.4 Å². The van der Waals surface area contributed by atoms with E-state index in [0.29, 0.717) is 5.75 Å². The highest BCUT2D eigenvalue weighted by atomic mass is 35.5. The van der Waals surface area contributed by atoms with Gasteiger partial charge in [-0.2, -0.15) is 13.2 Å². The minimum atomic E-state index is -4.56. The number of aryl methyl sites for hydroxylation is 1. The number of hydrogen-bond donors (Lipinski definition) is 1. The van der Waals surface area contributed by atoms with Crippen molar-refractivity contribution < 1.29 is 18.0 Å². The summed E-state index contributed by atoms with van der Waals surface area (Å²) in [5.74, 6) is 0.447. The molecule has 0 aliphatic heterocycles. The molecule has 0 saturated carbocycles. The molecule has 2 nitrogen and oxygen atoms in total. The van der Waals surface area contributed by atoms with Gasteiger partial charge in [0.05, 0.1) is 16.3 Å². The standard InChI is InChI=1S/C17H15ClF3NOS/c1-11-2-4-12(5-3-11)9-24-10-16(23)22-13-6-7-15(18)14(8-13)17(19,20)21/h2-8H,9-10H2,1H3,(H,22,23). The molecule has 0 aromatic heterocycles. The number of alkyl halides is 3. The highest BCUT2D eigenvalue weighted by molar-refractivity contribution is 7.99. The third-order valence-electron chi connectivity index (χ3n) is 3.18. The molecule has 0 atom stereocenters. The Kier molecular flexibility index (Phi) is 6.18. The number of hydrogen-bond acceptors (Lipinski definition) is 2. The molecule has 0 bridgehead atoms. The number of carbonyl (C=O) groups is 1. The molecule has 0 aliphatic carbocycles. The Bertz CT molecular complexity index is 717. The predicted molar refractivity (Wildman–Crippen MR) is 92.4 cm³/mol. The van der Waals surface area contributed by atoms with E-state index in [-0.39, 0.29) is 17.3 Å². The summed E-state index contributed by atoms with van der Waals surface area (Å²) in [5, 5.41) is 2.06. The molecule has 1 N–H and O–H groups in total. The number of anilines is 1. The molecular formula is C17H15ClF3NOS. The second kappa shape index (κ2) is 7.94. The molecule has 0 spiro atoms. The lowest BCUT2D eigenvalue weighted by Gasteiger charge is -2.11. The van der Waals surface area contributed by atoms with Crippen LogP contribution in [0.4, 0.5) is 18.9 Å². The smallest absolute Gasteiger partial charge is 0.325 e. The van der Waals surface area contributed by atoms with Crippen LogP contribution in [-0.2, 0) is 16.7 Å². The first-order chi connectivity index (χ1) is 11.3. The van der Waals surface area contributed by atoms with Crippen molar-refractivity contribution in [3.8, 4) is 0 Å². The van der Waals surface area contributed by atoms with E-state index in [1.165, 1.54) is 17.8 Å². The van der Waals surface area contributed by atoms with Gasteiger partial charge >= 0.3 is 6.18 Å². The topological polar surface area (TPSA) is 29.1 Å². The van der Waals surface area contributed by atoms with Crippen LogP contribution in [0.15, 0.2) is 42.5 Å². The fourth-order valence-electron chi connectivity index (χ4n) is 1.96. The largest absolute Gasteiger partial charge is 0.417 e. The molecule has 0 fully saturated rings. The fraction of sp³-hybridized carbons (Fsp3) is 0.235. The van der Waals surface area contributed by atoms with Gasteiger partial charge in [0.25, 0.3) is 0 Å². The second-order valence-electron chi connectivity index (χ2n) is 5.22. The van der Waals surface area contributed by atoms with Crippen molar-refractivity contribution in [1.82, 2.24) is 0 Å². The average molecular weight is 374 g/mol. The molecule has 2 aromatic carbocycles. The van der Waals surface area contributed by atoms with Gasteiger partial charge in [0.15, 0.2) is 0 Å². The average Bonchev–Trinajstić information content (AvgIpc) is 2.50. The first kappa shape index (κ1) is 18.7. The Balaban J connectivity index is 1.89. The first-order valence-corrected chi connectivity index (χ1v) is 8.59. The summed E-state index contributed by atoms with van der Waals surface area (Å²) in [7, 11) is 0. The lowest BCUT2D eigenvalue weighted by molar-refractivity contribution is -0.137. The fourth-order valence-corrected chi connectivity index (χ4v) is 2.98. The summed E-state index contributed by atoms with van der Waals surface area (Å²) in [5.41, 5.74) is 1.36. The zero-order valence-electron chi connectivity index (χ0n) is 12.8. The summed E-state index contributed by atoms with van der Waals surface area (Å²) >= 11 is 6.94. The molecule has 0 heterocycles. The van der Waals surface area contributed by atoms with E-state index < -0.39 is 16.8 Å². The van der Waals surface area contributed by atoms with Crippen molar-refractivity contribution in [2.45, 2.75) is 18.9 Å². The Morgan fingerprint density at radius 2 is 1.83 bits per heavy atom. The summed E-state index contributed by atoms with van der Waals surface area (Å²) in [6.07, 6.45) is -4.56. The lowest BCUT2D eigenvalue weighted by atomic mass is 10.2. The molecule has 1 amide bonds. The summed E-state index contributed by atoms with van der Waals surface area (Å²) in [4.78, 5) is 11.9. The van der Waals surface area contributed by atoms with E-state index in [0.717, 1.165) is 23.3 Å². The van der Waals surface area contributed by atoms with E-state index in [9.17, 15) is 18.0 Å². The molecule has 0 radical (unpaired) electrons. The number of amides is 1. The Morgan fingerprint density at radius 3 is 2.46 bits per heavy atom. The molecule has 0 saturated heterocycles. The summed E-state index contributed by atoms with van der Waals surface area (Å²) in [6, 6.07) is 11.2. The number of carbonyl (C=O) groups excluding carboxylic acids is 1. The van der Waals surface area contributed by atoms with E-state index in [2.05, 4.69) is 5.32 Å². The van der Waals surface area contributed by atoms with Gasteiger partial charge in [-0.3, -0.25) is 4.79 Å². The Morgan fingerprint density at radius 1 is 1.17 bits per heavy atom. The van der Waals surface area contributed by atoms with Crippen LogP contribution in [0.5, 0.6) is 0 Å². The van der Waals surface area contributed by atoms with Gasteiger partial charge in [-0.05, 0) is 30.7 Å². The van der Waals surface area contributed by atoms with Crippen LogP contribution in [0.2, 0.25) is 5.02 Å². The highest BCUT2D eigenvalue weighted by Gasteiger charge is 2.33. The number of nitrogens with one attached hydrogen (secondary N) is 1. The maximum Gasteiger partial charge on any atom is 0.417 e. The number of benzene rings is 2. The van der Waals surface area contributed by atoms with Gasteiger partial charge in [-0.25, -0.2) is 0 Å². The van der Waals surface area contributed by atoms with Crippen LogP contribution in [0, 0.1) is 6.92 Å². The third kappa shape index (κ3) is 5.46. The number of halogens is 4. The van der Waals surface area contributed by atoms with Crippen molar-refractivity contribution >= 4 is 35.0 Å². The number of thioether (sulfide) groups is 1. The van der Waals surface area contributed by atoms with Gasteiger partial charge in [0.1, 0.15) is 0 Å². The molecular weight excluding hydrogens is 359 g/mol. The molecule has 7 heteroatoms. The van der Waals surface area contributed by atoms with Crippen molar-refractivity contribution in [3.63, 3.8) is 0 Å². The van der Waals surface area contributed by atoms with E-state index in [1.54, 1.807) is 0 Å². The Hall–Kier alpha value is -1.66. The molecule has 128 valence electrons. The van der Waals surface area contributed by atoms with E-state index in [1.807, 2.05) is 31.2 Å². The minimum absolute atomic E-state index is 0.0765. The van der Waals surface area contributed by atoms with Gasteiger partial charge in [0.2, 0.25) is 5.91 Å². The monoisotopic (exact) mass is 373 g/mol. The zero-order chi connectivity index (χ0) is 17.7. The van der Waals surface area contributed by atoms with Crippen LogP contribution in [0.25, 0.3) is 0 Å². The first-order valence-electron chi connectivity index (χ1n) is 7.05. The minimum Gasteiger partial charge on any atom is -0.325 e. The highest BCUT2D eigenvalue weighted by Crippen LogP contribution is 2.36. The molecule has 0 unspecified atom stereocenters. The van der Waals surface area contributed by atoms with Crippen molar-refractivity contribution in [2.24, 2.45) is 0 Å². The molecule has 0 aliphatic rings. The molecule has 2 aromatic rings. The normalized spacial score (nSPS) is 11.4. The van der Waals surface area contributed by atoms with E-state index in [4.69, 9.17) is 11.6 Å². The summed E-state index contributed by atoms with van der Waals surface area (Å²) < 4.78 is 38.4. The quantitative estimate of drug-likeness (QED) is 0.745. The van der Waals surface area contributed by atoms with Crippen LogP contribution in [-0.4, -0.2) is 11.7 Å². The molecule has 2 rings (SSSR count). The van der Waals surface area contributed by atoms with Crippen LogP contribution in [0.1, 0.15) is 16.7 Å².